The van der Waals surface area contributed by atoms with E-state index in [0.29, 0.717) is 6.04 Å². The maximum atomic E-state index is 3.37. The molecule has 1 rings (SSSR count). The summed E-state index contributed by atoms with van der Waals surface area (Å²) in [5.74, 6) is 0. The van der Waals surface area contributed by atoms with Gasteiger partial charge in [-0.15, -0.1) is 0 Å². The van der Waals surface area contributed by atoms with E-state index in [2.05, 4.69) is 43.4 Å². The topological polar surface area (TPSA) is 12.0 Å². The molecule has 0 saturated carbocycles. The van der Waals surface area contributed by atoms with E-state index in [-0.39, 0.29) is 0 Å². The van der Waals surface area contributed by atoms with Crippen LogP contribution in [0.3, 0.4) is 0 Å². The van der Waals surface area contributed by atoms with Crippen LogP contribution in [-0.4, -0.2) is 7.05 Å². The van der Waals surface area contributed by atoms with Crippen LogP contribution in [0, 0.1) is 0 Å². The summed E-state index contributed by atoms with van der Waals surface area (Å²) in [6, 6.07) is 9.58. The number of aryl methyl sites for hydroxylation is 1. The first-order valence-corrected chi connectivity index (χ1v) is 6.07. The third-order valence-electron chi connectivity index (χ3n) is 2.85. The van der Waals surface area contributed by atoms with Gasteiger partial charge in [0.05, 0.1) is 0 Å². The van der Waals surface area contributed by atoms with Crippen molar-refractivity contribution in [2.45, 2.75) is 45.6 Å². The lowest BCUT2D eigenvalue weighted by molar-refractivity contribution is 0.541. The van der Waals surface area contributed by atoms with Crippen molar-refractivity contribution in [2.24, 2.45) is 0 Å². The highest BCUT2D eigenvalue weighted by Crippen LogP contribution is 2.18. The summed E-state index contributed by atoms with van der Waals surface area (Å²) in [6.07, 6.45) is 4.86. The Kier molecular flexibility index (Phi) is 5.41. The minimum atomic E-state index is 0.519. The van der Waals surface area contributed by atoms with Crippen molar-refractivity contribution in [1.82, 2.24) is 5.32 Å². The first-order valence-electron chi connectivity index (χ1n) is 6.07. The standard InChI is InChI=1S/C14H23N/c1-4-6-12-8-10-13(11-9-12)14(15-3)7-5-2/h8-11,14-15H,4-7H2,1-3H3. The fraction of sp³-hybridized carbons (Fsp3) is 0.571. The van der Waals surface area contributed by atoms with Gasteiger partial charge in [0.2, 0.25) is 0 Å². The molecule has 0 radical (unpaired) electrons. The molecule has 1 aromatic rings. The van der Waals surface area contributed by atoms with Crippen LogP contribution in [0.5, 0.6) is 0 Å². The number of benzene rings is 1. The molecule has 1 heteroatoms. The van der Waals surface area contributed by atoms with Gasteiger partial charge in [0.15, 0.2) is 0 Å². The zero-order chi connectivity index (χ0) is 11.1. The normalized spacial score (nSPS) is 12.7. The molecule has 1 aromatic carbocycles. The zero-order valence-corrected chi connectivity index (χ0v) is 10.2. The average Bonchev–Trinajstić information content (AvgIpc) is 2.28. The molecule has 1 unspecified atom stereocenters. The number of hydrogen-bond donors (Lipinski definition) is 1. The molecule has 1 nitrogen and oxygen atoms in total. The molecule has 0 spiro atoms. The number of rotatable bonds is 6. The van der Waals surface area contributed by atoms with Gasteiger partial charge in [-0.05, 0) is 31.0 Å². The summed E-state index contributed by atoms with van der Waals surface area (Å²) in [5, 5.41) is 3.37. The van der Waals surface area contributed by atoms with Crippen molar-refractivity contribution in [2.75, 3.05) is 7.05 Å². The van der Waals surface area contributed by atoms with Crippen molar-refractivity contribution in [3.8, 4) is 0 Å². The van der Waals surface area contributed by atoms with Crippen LogP contribution in [0.1, 0.15) is 50.3 Å². The molecule has 0 heterocycles. The van der Waals surface area contributed by atoms with Crippen LogP contribution in [0.4, 0.5) is 0 Å². The summed E-state index contributed by atoms with van der Waals surface area (Å²) in [7, 11) is 2.04. The molecular weight excluding hydrogens is 182 g/mol. The van der Waals surface area contributed by atoms with Crippen molar-refractivity contribution in [3.63, 3.8) is 0 Å². The Bertz CT molecular complexity index is 263. The van der Waals surface area contributed by atoms with Crippen molar-refractivity contribution in [1.29, 1.82) is 0 Å². The maximum Gasteiger partial charge on any atom is 0.0317 e. The number of hydrogen-bond acceptors (Lipinski definition) is 1. The van der Waals surface area contributed by atoms with Crippen LogP contribution in [0.15, 0.2) is 24.3 Å². The van der Waals surface area contributed by atoms with Crippen LogP contribution < -0.4 is 5.32 Å². The van der Waals surface area contributed by atoms with E-state index in [9.17, 15) is 0 Å². The molecule has 0 fully saturated rings. The lowest BCUT2D eigenvalue weighted by Crippen LogP contribution is -2.15. The predicted molar refractivity (Wildman–Crippen MR) is 67.1 cm³/mol. The molecule has 0 aliphatic rings. The summed E-state index contributed by atoms with van der Waals surface area (Å²) in [6.45, 7) is 4.46. The summed E-state index contributed by atoms with van der Waals surface area (Å²) < 4.78 is 0. The van der Waals surface area contributed by atoms with E-state index in [4.69, 9.17) is 0 Å². The monoisotopic (exact) mass is 205 g/mol. The molecule has 0 aliphatic heterocycles. The Labute approximate surface area is 93.9 Å². The minimum Gasteiger partial charge on any atom is -0.313 e. The fourth-order valence-electron chi connectivity index (χ4n) is 1.97. The van der Waals surface area contributed by atoms with Crippen LogP contribution in [0.25, 0.3) is 0 Å². The molecule has 84 valence electrons. The quantitative estimate of drug-likeness (QED) is 0.746. The van der Waals surface area contributed by atoms with Crippen LogP contribution >= 0.6 is 0 Å². The Morgan fingerprint density at radius 2 is 1.73 bits per heavy atom. The van der Waals surface area contributed by atoms with Gasteiger partial charge in [-0.25, -0.2) is 0 Å². The van der Waals surface area contributed by atoms with Crippen molar-refractivity contribution in [3.05, 3.63) is 35.4 Å². The van der Waals surface area contributed by atoms with Crippen molar-refractivity contribution >= 4 is 0 Å². The highest BCUT2D eigenvalue weighted by Gasteiger charge is 2.06. The molecule has 0 aromatic heterocycles. The lowest BCUT2D eigenvalue weighted by Gasteiger charge is -2.15. The van der Waals surface area contributed by atoms with Gasteiger partial charge < -0.3 is 5.32 Å². The third-order valence-corrected chi connectivity index (χ3v) is 2.85. The molecule has 15 heavy (non-hydrogen) atoms. The Morgan fingerprint density at radius 1 is 1.07 bits per heavy atom. The molecule has 0 bridgehead atoms. The smallest absolute Gasteiger partial charge is 0.0317 e. The maximum absolute atomic E-state index is 3.37. The highest BCUT2D eigenvalue weighted by atomic mass is 14.9. The van der Waals surface area contributed by atoms with Crippen molar-refractivity contribution < 1.29 is 0 Å². The second-order valence-corrected chi connectivity index (χ2v) is 4.12. The van der Waals surface area contributed by atoms with Gasteiger partial charge >= 0.3 is 0 Å². The van der Waals surface area contributed by atoms with Gasteiger partial charge in [-0.3, -0.25) is 0 Å². The molecule has 1 atom stereocenters. The first kappa shape index (κ1) is 12.3. The zero-order valence-electron chi connectivity index (χ0n) is 10.2. The van der Waals surface area contributed by atoms with Crippen LogP contribution in [0.2, 0.25) is 0 Å². The van der Waals surface area contributed by atoms with Gasteiger partial charge in [-0.1, -0.05) is 51.0 Å². The molecule has 0 saturated heterocycles. The Morgan fingerprint density at radius 3 is 2.20 bits per heavy atom. The minimum absolute atomic E-state index is 0.519. The third kappa shape index (κ3) is 3.67. The first-order chi connectivity index (χ1) is 7.31. The van der Waals surface area contributed by atoms with E-state index in [1.807, 2.05) is 7.05 Å². The van der Waals surface area contributed by atoms with Crippen LogP contribution in [-0.2, 0) is 6.42 Å². The van der Waals surface area contributed by atoms with Gasteiger partial charge in [-0.2, -0.15) is 0 Å². The second kappa shape index (κ2) is 6.62. The summed E-state index contributed by atoms with van der Waals surface area (Å²) in [4.78, 5) is 0. The SMILES string of the molecule is CCCc1ccc(C(CCC)NC)cc1. The van der Waals surface area contributed by atoms with Gasteiger partial charge in [0.1, 0.15) is 0 Å². The predicted octanol–water partition coefficient (Wildman–Crippen LogP) is 3.70. The largest absolute Gasteiger partial charge is 0.313 e. The summed E-state index contributed by atoms with van der Waals surface area (Å²) >= 11 is 0. The van der Waals surface area contributed by atoms with E-state index in [1.54, 1.807) is 0 Å². The van der Waals surface area contributed by atoms with E-state index >= 15 is 0 Å². The Balaban J connectivity index is 2.68. The molecule has 0 amide bonds. The second-order valence-electron chi connectivity index (χ2n) is 4.12. The molecule has 1 N–H and O–H groups in total. The Hall–Kier alpha value is -0.820. The van der Waals surface area contributed by atoms with Gasteiger partial charge in [0, 0.05) is 6.04 Å². The number of nitrogens with one attached hydrogen (secondary N) is 1. The average molecular weight is 205 g/mol. The summed E-state index contributed by atoms with van der Waals surface area (Å²) in [5.41, 5.74) is 2.87. The fourth-order valence-corrected chi connectivity index (χ4v) is 1.97. The molecule has 0 aliphatic carbocycles. The van der Waals surface area contributed by atoms with Gasteiger partial charge in [0.25, 0.3) is 0 Å². The molecular formula is C14H23N. The highest BCUT2D eigenvalue weighted by molar-refractivity contribution is 5.25. The van der Waals surface area contributed by atoms with E-state index in [1.165, 1.54) is 36.8 Å². The lowest BCUT2D eigenvalue weighted by atomic mass is 10.00. The van der Waals surface area contributed by atoms with E-state index < -0.39 is 0 Å². The van der Waals surface area contributed by atoms with E-state index in [0.717, 1.165) is 0 Å².